The minimum atomic E-state index is -4.39. The topological polar surface area (TPSA) is 134 Å². The van der Waals surface area contributed by atoms with Crippen LogP contribution < -0.4 is 5.73 Å². The van der Waals surface area contributed by atoms with Crippen LogP contribution >= 0.6 is 7.82 Å². The second-order valence-electron chi connectivity index (χ2n) is 16.3. The molecule has 0 heterocycles. The first-order valence-corrected chi connectivity index (χ1v) is 26.1. The second-order valence-corrected chi connectivity index (χ2v) is 17.8. The summed E-state index contributed by atoms with van der Waals surface area (Å²) in [5.41, 5.74) is 5.36. The first-order chi connectivity index (χ1) is 29.3. The van der Waals surface area contributed by atoms with Gasteiger partial charge in [0.15, 0.2) is 6.10 Å². The van der Waals surface area contributed by atoms with Crippen LogP contribution in [0.15, 0.2) is 48.6 Å². The third-order valence-electron chi connectivity index (χ3n) is 10.4. The molecular weight excluding hydrogens is 774 g/mol. The van der Waals surface area contributed by atoms with E-state index in [-0.39, 0.29) is 32.6 Å². The van der Waals surface area contributed by atoms with Crippen molar-refractivity contribution in [3.63, 3.8) is 0 Å². The van der Waals surface area contributed by atoms with Crippen molar-refractivity contribution in [3.05, 3.63) is 48.6 Å². The van der Waals surface area contributed by atoms with Gasteiger partial charge < -0.3 is 20.1 Å². The zero-order valence-corrected chi connectivity index (χ0v) is 39.6. The Kier molecular flexibility index (Phi) is 44.9. The minimum Gasteiger partial charge on any atom is -0.462 e. The van der Waals surface area contributed by atoms with Gasteiger partial charge >= 0.3 is 19.8 Å². The summed E-state index contributed by atoms with van der Waals surface area (Å²) in [4.78, 5) is 35.0. The predicted molar refractivity (Wildman–Crippen MR) is 252 cm³/mol. The summed E-state index contributed by atoms with van der Waals surface area (Å²) < 4.78 is 32.9. The molecule has 0 aliphatic rings. The van der Waals surface area contributed by atoms with E-state index in [1.165, 1.54) is 128 Å². The van der Waals surface area contributed by atoms with E-state index in [1.807, 2.05) is 0 Å². The van der Waals surface area contributed by atoms with Gasteiger partial charge in [-0.1, -0.05) is 210 Å². The molecule has 0 saturated carbocycles. The Morgan fingerprint density at radius 3 is 1.35 bits per heavy atom. The third kappa shape index (κ3) is 45.5. The maximum atomic E-state index is 12.6. The quantitative estimate of drug-likeness (QED) is 0.0265. The molecule has 0 aromatic heterocycles. The molecule has 2 atom stereocenters. The highest BCUT2D eigenvalue weighted by molar-refractivity contribution is 7.47. The van der Waals surface area contributed by atoms with Gasteiger partial charge in [0.1, 0.15) is 6.61 Å². The van der Waals surface area contributed by atoms with Crippen molar-refractivity contribution in [3.8, 4) is 0 Å². The molecule has 3 N–H and O–H groups in total. The van der Waals surface area contributed by atoms with Crippen LogP contribution in [0.1, 0.15) is 226 Å². The molecule has 0 rings (SSSR count). The first-order valence-electron chi connectivity index (χ1n) is 24.6. The van der Waals surface area contributed by atoms with Crippen LogP contribution in [0.2, 0.25) is 0 Å². The Bertz CT molecular complexity index is 1120. The van der Waals surface area contributed by atoms with Crippen LogP contribution in [0.4, 0.5) is 0 Å². The van der Waals surface area contributed by atoms with Crippen LogP contribution in [-0.2, 0) is 32.7 Å². The van der Waals surface area contributed by atoms with Crippen LogP contribution in [0.25, 0.3) is 0 Å². The van der Waals surface area contributed by atoms with Crippen molar-refractivity contribution in [1.82, 2.24) is 0 Å². The highest BCUT2D eigenvalue weighted by Gasteiger charge is 2.26. The number of esters is 2. The lowest BCUT2D eigenvalue weighted by atomic mass is 10.0. The first kappa shape index (κ1) is 58.0. The molecule has 350 valence electrons. The van der Waals surface area contributed by atoms with E-state index in [0.29, 0.717) is 12.8 Å². The van der Waals surface area contributed by atoms with Gasteiger partial charge in [0, 0.05) is 19.4 Å². The smallest absolute Gasteiger partial charge is 0.462 e. The van der Waals surface area contributed by atoms with Crippen LogP contribution in [0.5, 0.6) is 0 Å². The number of nitrogens with two attached hydrogens (primary N) is 1. The standard InChI is InChI=1S/C50H92NO8P/c1-3-5-7-9-11-13-15-17-19-21-22-23-24-25-27-29-31-33-35-37-39-41-43-50(53)59-48(47-58-60(54,55)57-45-44-51)46-56-49(52)42-40-38-36-34-32-30-28-26-20-18-16-14-12-10-8-6-4-2/h8,10,14,16,20,26,30,32,48H,3-7,9,11-13,15,17-19,21-25,27-29,31,33-47,51H2,1-2H3,(H,54,55)/b10-8+,16-14+,26-20+,32-30+/t48-/m1/s1. The normalized spacial score (nSPS) is 13.6. The SMILES string of the molecule is CCC/C=C/C/C=C/C/C=C/C/C=C/CCCCCC(=O)OC[C@H](COP(=O)(O)OCCN)OC(=O)CCCCCCCCCCCCCCCCCCCCCCCC. The third-order valence-corrected chi connectivity index (χ3v) is 11.4. The molecule has 10 heteroatoms. The lowest BCUT2D eigenvalue weighted by Gasteiger charge is -2.19. The van der Waals surface area contributed by atoms with Crippen molar-refractivity contribution in [1.29, 1.82) is 0 Å². The Labute approximate surface area is 368 Å². The maximum absolute atomic E-state index is 12.6. The van der Waals surface area contributed by atoms with E-state index in [4.69, 9.17) is 24.3 Å². The average Bonchev–Trinajstić information content (AvgIpc) is 3.24. The summed E-state index contributed by atoms with van der Waals surface area (Å²) in [5, 5.41) is 0. The lowest BCUT2D eigenvalue weighted by Crippen LogP contribution is -2.29. The molecule has 0 aromatic carbocycles. The molecule has 0 fully saturated rings. The summed E-state index contributed by atoms with van der Waals surface area (Å²) in [6.45, 7) is 3.66. The minimum absolute atomic E-state index is 0.0486. The molecule has 0 aliphatic heterocycles. The van der Waals surface area contributed by atoms with Crippen molar-refractivity contribution >= 4 is 19.8 Å². The number of phosphoric ester groups is 1. The van der Waals surface area contributed by atoms with Gasteiger partial charge in [-0.05, 0) is 51.4 Å². The van der Waals surface area contributed by atoms with Gasteiger partial charge in [-0.2, -0.15) is 0 Å². The summed E-state index contributed by atoms with van der Waals surface area (Å²) in [7, 11) is -4.39. The van der Waals surface area contributed by atoms with Crippen molar-refractivity contribution in [2.24, 2.45) is 5.73 Å². The Morgan fingerprint density at radius 2 is 0.900 bits per heavy atom. The van der Waals surface area contributed by atoms with Gasteiger partial charge in [-0.3, -0.25) is 18.6 Å². The van der Waals surface area contributed by atoms with Gasteiger partial charge in [0.25, 0.3) is 0 Å². The van der Waals surface area contributed by atoms with Gasteiger partial charge in [0.05, 0.1) is 13.2 Å². The fourth-order valence-electron chi connectivity index (χ4n) is 6.80. The molecule has 0 spiro atoms. The van der Waals surface area contributed by atoms with Crippen molar-refractivity contribution in [2.45, 2.75) is 232 Å². The molecule has 60 heavy (non-hydrogen) atoms. The summed E-state index contributed by atoms with van der Waals surface area (Å²) >= 11 is 0. The number of ether oxygens (including phenoxy) is 2. The predicted octanol–water partition coefficient (Wildman–Crippen LogP) is 14.7. The number of carbonyl (C=O) groups is 2. The fourth-order valence-corrected chi connectivity index (χ4v) is 7.57. The molecule has 0 bridgehead atoms. The maximum Gasteiger partial charge on any atom is 0.472 e. The van der Waals surface area contributed by atoms with E-state index in [0.717, 1.165) is 57.8 Å². The second kappa shape index (κ2) is 46.5. The van der Waals surface area contributed by atoms with Gasteiger partial charge in [-0.15, -0.1) is 0 Å². The van der Waals surface area contributed by atoms with Crippen LogP contribution in [0, 0.1) is 0 Å². The molecule has 0 amide bonds. The van der Waals surface area contributed by atoms with Crippen LogP contribution in [-0.4, -0.2) is 49.3 Å². The van der Waals surface area contributed by atoms with E-state index in [2.05, 4.69) is 62.5 Å². The zero-order chi connectivity index (χ0) is 43.9. The van der Waals surface area contributed by atoms with Gasteiger partial charge in [-0.25, -0.2) is 4.57 Å². The molecule has 0 aliphatic carbocycles. The average molecular weight is 866 g/mol. The summed E-state index contributed by atoms with van der Waals surface area (Å²) in [5.74, 6) is -0.858. The monoisotopic (exact) mass is 866 g/mol. The number of phosphoric acid groups is 1. The number of carbonyl (C=O) groups excluding carboxylic acids is 2. The summed E-state index contributed by atoms with van der Waals surface area (Å²) in [6, 6.07) is 0. The highest BCUT2D eigenvalue weighted by Crippen LogP contribution is 2.43. The zero-order valence-electron chi connectivity index (χ0n) is 38.7. The molecule has 0 radical (unpaired) electrons. The number of unbranched alkanes of at least 4 members (excludes halogenated alkanes) is 25. The Balaban J connectivity index is 4.08. The number of hydrogen-bond acceptors (Lipinski definition) is 8. The number of hydrogen-bond donors (Lipinski definition) is 2. The largest absolute Gasteiger partial charge is 0.472 e. The lowest BCUT2D eigenvalue weighted by molar-refractivity contribution is -0.161. The van der Waals surface area contributed by atoms with E-state index < -0.39 is 32.5 Å². The molecule has 0 aromatic rings. The van der Waals surface area contributed by atoms with E-state index >= 15 is 0 Å². The number of allylic oxidation sites excluding steroid dienone is 8. The molecule has 1 unspecified atom stereocenters. The Morgan fingerprint density at radius 1 is 0.500 bits per heavy atom. The highest BCUT2D eigenvalue weighted by atomic mass is 31.2. The van der Waals surface area contributed by atoms with Gasteiger partial charge in [0.2, 0.25) is 0 Å². The molecule has 9 nitrogen and oxygen atoms in total. The number of rotatable bonds is 46. The van der Waals surface area contributed by atoms with Crippen LogP contribution in [0.3, 0.4) is 0 Å². The van der Waals surface area contributed by atoms with Crippen molar-refractivity contribution in [2.75, 3.05) is 26.4 Å². The fraction of sp³-hybridized carbons (Fsp3) is 0.800. The van der Waals surface area contributed by atoms with E-state index in [1.54, 1.807) is 0 Å². The molecule has 0 saturated heterocycles. The Hall–Kier alpha value is -2.03. The van der Waals surface area contributed by atoms with Crippen molar-refractivity contribution < 1.29 is 37.6 Å². The summed E-state index contributed by atoms with van der Waals surface area (Å²) in [6.07, 6.45) is 54.4. The molecular formula is C50H92NO8P. The van der Waals surface area contributed by atoms with E-state index in [9.17, 15) is 19.0 Å².